The molecule has 0 unspecified atom stereocenters. The van der Waals surface area contributed by atoms with Crippen LogP contribution in [0.1, 0.15) is 0 Å². The van der Waals surface area contributed by atoms with Gasteiger partial charge in [0.15, 0.2) is 0 Å². The van der Waals surface area contributed by atoms with Gasteiger partial charge in [-0.1, -0.05) is 0 Å². The molecule has 0 aliphatic heterocycles. The fourth-order valence-corrected chi connectivity index (χ4v) is 0. The summed E-state index contributed by atoms with van der Waals surface area (Å²) in [7, 11) is 0. The van der Waals surface area contributed by atoms with Crippen LogP contribution in [-0.4, -0.2) is 0 Å². The molecule has 0 aromatic rings. The zero-order valence-electron chi connectivity index (χ0n) is 2.08. The van der Waals surface area contributed by atoms with Gasteiger partial charge in [-0.25, -0.2) is 0 Å². The Kier molecular flexibility index (Phi) is 389. The molecule has 54 valence electrons. The van der Waals surface area contributed by atoms with Gasteiger partial charge in [-0.05, 0) is 0 Å². The summed E-state index contributed by atoms with van der Waals surface area (Å²) in [4.78, 5) is 0. The van der Waals surface area contributed by atoms with Crippen molar-refractivity contribution in [1.29, 1.82) is 0 Å². The van der Waals surface area contributed by atoms with Gasteiger partial charge in [0, 0.05) is 109 Å². The van der Waals surface area contributed by atoms with Crippen molar-refractivity contribution in [2.45, 2.75) is 0 Å². The smallest absolute Gasteiger partial charge is 0 e. The SMILES string of the molecule is [Ni].[Ni].[Ni].[Ni].[Ni].[Zr]. The van der Waals surface area contributed by atoms with Crippen LogP contribution in [-0.2, 0) is 109 Å². The van der Waals surface area contributed by atoms with Crippen molar-refractivity contribution in [2.24, 2.45) is 0 Å². The molecule has 0 heterocycles. The van der Waals surface area contributed by atoms with Crippen LogP contribution in [0.2, 0.25) is 0 Å². The predicted molar refractivity (Wildman–Crippen MR) is 0 cm³/mol. The van der Waals surface area contributed by atoms with Crippen molar-refractivity contribution in [3.8, 4) is 0 Å². The maximum atomic E-state index is 0. The molecule has 0 rings (SSSR count). The summed E-state index contributed by atoms with van der Waals surface area (Å²) in [5.41, 5.74) is 0. The molecule has 0 spiro atoms. The van der Waals surface area contributed by atoms with Gasteiger partial charge in [0.05, 0.1) is 0 Å². The van der Waals surface area contributed by atoms with E-state index in [1.54, 1.807) is 0 Å². The first kappa shape index (κ1) is 58.1. The fraction of sp³-hybridized carbons (Fsp3) is 0. The Morgan fingerprint density at radius 2 is 0.333 bits per heavy atom. The molecule has 0 aromatic heterocycles. The molecule has 0 radical (unpaired) electrons. The van der Waals surface area contributed by atoms with Gasteiger partial charge in [0.1, 0.15) is 0 Å². The molecule has 0 saturated heterocycles. The molecule has 0 aliphatic rings. The minimum absolute atomic E-state index is 0. The largest absolute Gasteiger partial charge is 0 e. The Balaban J connectivity index is 0. The van der Waals surface area contributed by atoms with Gasteiger partial charge in [-0.15, -0.1) is 0 Å². The van der Waals surface area contributed by atoms with Crippen molar-refractivity contribution in [3.05, 3.63) is 0 Å². The molecule has 6 heteroatoms. The van der Waals surface area contributed by atoms with E-state index < -0.39 is 0 Å². The number of hydrogen-bond donors (Lipinski definition) is 0. The zero-order valence-corrected chi connectivity index (χ0v) is 9.48. The van der Waals surface area contributed by atoms with E-state index in [0.717, 1.165) is 0 Å². The van der Waals surface area contributed by atoms with Crippen LogP contribution in [0.3, 0.4) is 0 Å². The first-order valence-electron chi connectivity index (χ1n) is 0. The molecule has 6 heavy (non-hydrogen) atoms. The van der Waals surface area contributed by atoms with E-state index in [1.807, 2.05) is 0 Å². The van der Waals surface area contributed by atoms with Crippen LogP contribution in [0.25, 0.3) is 0 Å². The van der Waals surface area contributed by atoms with Crippen molar-refractivity contribution >= 4 is 0 Å². The van der Waals surface area contributed by atoms with Crippen LogP contribution >= 0.6 is 0 Å². The van der Waals surface area contributed by atoms with Crippen LogP contribution in [0.5, 0.6) is 0 Å². The summed E-state index contributed by atoms with van der Waals surface area (Å²) in [5.74, 6) is 0. The first-order chi connectivity index (χ1) is 0. The summed E-state index contributed by atoms with van der Waals surface area (Å²) >= 11 is 0. The van der Waals surface area contributed by atoms with Gasteiger partial charge >= 0.3 is 0 Å². The fourth-order valence-electron chi connectivity index (χ4n) is 0. The van der Waals surface area contributed by atoms with Crippen LogP contribution in [0, 0.1) is 0 Å². The van der Waals surface area contributed by atoms with Gasteiger partial charge in [0.25, 0.3) is 0 Å². The minimum Gasteiger partial charge on any atom is 0 e. The summed E-state index contributed by atoms with van der Waals surface area (Å²) in [6.45, 7) is 0. The Labute approximate surface area is 107 Å². The van der Waals surface area contributed by atoms with Gasteiger partial charge < -0.3 is 0 Å². The molecular formula is Ni5Zr. The van der Waals surface area contributed by atoms with Gasteiger partial charge in [-0.3, -0.25) is 0 Å². The molecular weight excluding hydrogens is 385 g/mol. The second-order valence-electron chi connectivity index (χ2n) is 0. The summed E-state index contributed by atoms with van der Waals surface area (Å²) in [5, 5.41) is 0. The zero-order chi connectivity index (χ0) is 0. The quantitative estimate of drug-likeness (QED) is 0.515. The van der Waals surface area contributed by atoms with Crippen LogP contribution in [0.4, 0.5) is 0 Å². The second kappa shape index (κ2) is 40.2. The van der Waals surface area contributed by atoms with Crippen LogP contribution < -0.4 is 0 Å². The Bertz CT molecular complexity index is 3.90. The van der Waals surface area contributed by atoms with E-state index in [0.29, 0.717) is 0 Å². The second-order valence-corrected chi connectivity index (χ2v) is 0. The minimum atomic E-state index is 0. The Morgan fingerprint density at radius 1 is 0.333 bits per heavy atom. The Hall–Kier alpha value is 3.35. The van der Waals surface area contributed by atoms with E-state index in [9.17, 15) is 0 Å². The van der Waals surface area contributed by atoms with E-state index in [1.165, 1.54) is 0 Å². The maximum absolute atomic E-state index is 0. The molecule has 0 fully saturated rings. The maximum Gasteiger partial charge on any atom is 0 e. The average Bonchev–Trinajstić information content (AvgIpc) is 0. The standard InChI is InChI=1S/5Ni.Zr. The summed E-state index contributed by atoms with van der Waals surface area (Å²) in [6.07, 6.45) is 0. The van der Waals surface area contributed by atoms with E-state index >= 15 is 0 Å². The summed E-state index contributed by atoms with van der Waals surface area (Å²) in [6, 6.07) is 0. The van der Waals surface area contributed by atoms with Gasteiger partial charge in [0.2, 0.25) is 0 Å². The Morgan fingerprint density at radius 3 is 0.333 bits per heavy atom. The molecule has 0 N–H and O–H groups in total. The van der Waals surface area contributed by atoms with E-state index in [2.05, 4.69) is 0 Å². The molecule has 0 atom stereocenters. The molecule has 0 nitrogen and oxygen atoms in total. The topological polar surface area (TPSA) is 0 Å². The van der Waals surface area contributed by atoms with Crippen molar-refractivity contribution in [3.63, 3.8) is 0 Å². The van der Waals surface area contributed by atoms with Crippen molar-refractivity contribution in [2.75, 3.05) is 0 Å². The van der Waals surface area contributed by atoms with E-state index in [4.69, 9.17) is 0 Å². The number of hydrogen-bond acceptors (Lipinski definition) is 0. The third kappa shape index (κ3) is 26.4. The third-order valence-corrected chi connectivity index (χ3v) is 0. The molecule has 0 saturated carbocycles. The summed E-state index contributed by atoms with van der Waals surface area (Å²) < 4.78 is 0. The predicted octanol–water partition coefficient (Wildman–Crippen LogP) is -0.0150. The molecule has 0 amide bonds. The van der Waals surface area contributed by atoms with Crippen LogP contribution in [0.15, 0.2) is 0 Å². The molecule has 0 bridgehead atoms. The normalized spacial score (nSPS) is 0. The molecule has 0 aliphatic carbocycles. The number of rotatable bonds is 0. The third-order valence-electron chi connectivity index (χ3n) is 0. The average molecular weight is 385 g/mol. The van der Waals surface area contributed by atoms with Gasteiger partial charge in [-0.2, -0.15) is 0 Å². The van der Waals surface area contributed by atoms with E-state index in [-0.39, 0.29) is 109 Å². The molecule has 0 aromatic carbocycles. The van der Waals surface area contributed by atoms with Crippen molar-refractivity contribution < 1.29 is 109 Å². The first-order valence-corrected chi connectivity index (χ1v) is 0. The van der Waals surface area contributed by atoms with Crippen molar-refractivity contribution in [1.82, 2.24) is 0 Å². The monoisotopic (exact) mass is 380 g/mol.